The van der Waals surface area contributed by atoms with Crippen molar-refractivity contribution in [1.29, 1.82) is 0 Å². The summed E-state index contributed by atoms with van der Waals surface area (Å²) in [6.45, 7) is 6.34. The van der Waals surface area contributed by atoms with E-state index in [9.17, 15) is 9.59 Å². The van der Waals surface area contributed by atoms with Crippen LogP contribution in [0.15, 0.2) is 0 Å². The van der Waals surface area contributed by atoms with E-state index in [1.54, 1.807) is 4.90 Å². The molecule has 2 fully saturated rings. The molecule has 2 amide bonds. The van der Waals surface area contributed by atoms with Crippen LogP contribution in [-0.2, 0) is 4.79 Å². The fourth-order valence-electron chi connectivity index (χ4n) is 2.49. The molecule has 1 saturated carbocycles. The monoisotopic (exact) mass is 291 g/mol. The zero-order chi connectivity index (χ0) is 15.0. The Balaban J connectivity index is 1.57. The third-order valence-corrected chi connectivity index (χ3v) is 4.05. The second-order valence-corrected chi connectivity index (χ2v) is 6.09. The van der Waals surface area contributed by atoms with E-state index >= 15 is 0 Å². The van der Waals surface area contributed by atoms with Gasteiger partial charge in [-0.1, -0.05) is 13.8 Å². The van der Waals surface area contributed by atoms with Crippen molar-refractivity contribution in [2.75, 3.05) is 26.2 Å². The molecule has 0 radical (unpaired) electrons. The Morgan fingerprint density at radius 3 is 2.29 bits per heavy atom. The summed E-state index contributed by atoms with van der Waals surface area (Å²) >= 11 is 0. The van der Waals surface area contributed by atoms with E-state index in [2.05, 4.69) is 15.2 Å². The maximum Gasteiger partial charge on any atom is 0.293 e. The van der Waals surface area contributed by atoms with Gasteiger partial charge in [0.15, 0.2) is 0 Å². The Bertz CT molecular complexity index is 541. The molecule has 0 atom stereocenters. The second-order valence-electron chi connectivity index (χ2n) is 6.09. The molecule has 1 N–H and O–H groups in total. The van der Waals surface area contributed by atoms with Gasteiger partial charge in [0.25, 0.3) is 5.91 Å². The van der Waals surface area contributed by atoms with Crippen molar-refractivity contribution >= 4 is 11.8 Å². The van der Waals surface area contributed by atoms with Gasteiger partial charge in [0, 0.05) is 38.0 Å². The van der Waals surface area contributed by atoms with Crippen molar-refractivity contribution in [3.8, 4) is 0 Å². The minimum absolute atomic E-state index is 0.156. The highest BCUT2D eigenvalue weighted by Gasteiger charge is 2.35. The minimum Gasteiger partial charge on any atom is -0.339 e. The summed E-state index contributed by atoms with van der Waals surface area (Å²) in [6.07, 6.45) is 2.04. The number of H-pyrrole nitrogens is 1. The van der Waals surface area contributed by atoms with Gasteiger partial charge in [-0.2, -0.15) is 0 Å². The first-order chi connectivity index (χ1) is 10.1. The van der Waals surface area contributed by atoms with Crippen LogP contribution in [0, 0.1) is 5.92 Å². The quantitative estimate of drug-likeness (QED) is 0.885. The number of nitrogens with zero attached hydrogens (tertiary/aromatic N) is 4. The molecule has 7 nitrogen and oxygen atoms in total. The summed E-state index contributed by atoms with van der Waals surface area (Å²) in [5, 5.41) is 6.80. The van der Waals surface area contributed by atoms with E-state index in [1.165, 1.54) is 0 Å². The first-order valence-electron chi connectivity index (χ1n) is 7.56. The maximum atomic E-state index is 12.3. The summed E-state index contributed by atoms with van der Waals surface area (Å²) in [5.41, 5.74) is 0. The Morgan fingerprint density at radius 1 is 1.14 bits per heavy atom. The molecule has 3 rings (SSSR count). The predicted octanol–water partition coefficient (Wildman–Crippen LogP) is 0.623. The molecule has 1 saturated heterocycles. The van der Waals surface area contributed by atoms with E-state index in [0.717, 1.165) is 18.7 Å². The van der Waals surface area contributed by atoms with Gasteiger partial charge < -0.3 is 9.80 Å². The molecule has 0 unspecified atom stereocenters. The van der Waals surface area contributed by atoms with Crippen molar-refractivity contribution < 1.29 is 9.59 Å². The zero-order valence-electron chi connectivity index (χ0n) is 12.5. The van der Waals surface area contributed by atoms with Crippen molar-refractivity contribution in [2.24, 2.45) is 5.92 Å². The number of carbonyl (C=O) groups excluding carboxylic acids is 2. The molecule has 1 aliphatic carbocycles. The fraction of sp³-hybridized carbons (Fsp3) is 0.714. The largest absolute Gasteiger partial charge is 0.339 e. The van der Waals surface area contributed by atoms with Gasteiger partial charge in [0.2, 0.25) is 11.7 Å². The Labute approximate surface area is 123 Å². The van der Waals surface area contributed by atoms with Gasteiger partial charge in [-0.25, -0.2) is 4.98 Å². The summed E-state index contributed by atoms with van der Waals surface area (Å²) in [7, 11) is 0. The van der Waals surface area contributed by atoms with Gasteiger partial charge in [-0.15, -0.1) is 5.10 Å². The van der Waals surface area contributed by atoms with Crippen LogP contribution in [0.5, 0.6) is 0 Å². The van der Waals surface area contributed by atoms with Crippen molar-refractivity contribution in [2.45, 2.75) is 32.6 Å². The molecule has 0 bridgehead atoms. The highest BCUT2D eigenvalue weighted by molar-refractivity contribution is 5.90. The van der Waals surface area contributed by atoms with Gasteiger partial charge in [-0.05, 0) is 12.8 Å². The standard InChI is InChI=1S/C14H21N5O2/c1-9(2)11-15-12(17-16-11)14(21)19-7-5-18(6-8-19)13(20)10-3-4-10/h9-10H,3-8H2,1-2H3,(H,15,16,17). The van der Waals surface area contributed by atoms with E-state index in [4.69, 9.17) is 0 Å². The van der Waals surface area contributed by atoms with E-state index in [1.807, 2.05) is 18.7 Å². The van der Waals surface area contributed by atoms with Crippen LogP contribution in [0.25, 0.3) is 0 Å². The lowest BCUT2D eigenvalue weighted by atomic mass is 10.2. The molecular formula is C14H21N5O2. The van der Waals surface area contributed by atoms with Crippen LogP contribution in [0.2, 0.25) is 0 Å². The third-order valence-electron chi connectivity index (χ3n) is 4.05. The number of rotatable bonds is 3. The van der Waals surface area contributed by atoms with Gasteiger partial charge in [0.05, 0.1) is 0 Å². The van der Waals surface area contributed by atoms with E-state index < -0.39 is 0 Å². The molecule has 1 aromatic heterocycles. The predicted molar refractivity (Wildman–Crippen MR) is 75.7 cm³/mol. The summed E-state index contributed by atoms with van der Waals surface area (Å²) < 4.78 is 0. The first-order valence-corrected chi connectivity index (χ1v) is 7.56. The number of aromatic amines is 1. The number of aromatic nitrogens is 3. The maximum absolute atomic E-state index is 12.3. The van der Waals surface area contributed by atoms with Crippen LogP contribution in [0.1, 0.15) is 49.1 Å². The Kier molecular flexibility index (Phi) is 3.65. The van der Waals surface area contributed by atoms with E-state index in [-0.39, 0.29) is 29.5 Å². The van der Waals surface area contributed by atoms with Crippen molar-refractivity contribution in [3.05, 3.63) is 11.6 Å². The smallest absolute Gasteiger partial charge is 0.293 e. The number of amides is 2. The topological polar surface area (TPSA) is 82.2 Å². The number of carbonyl (C=O) groups is 2. The molecule has 2 aliphatic rings. The Morgan fingerprint density at radius 2 is 1.76 bits per heavy atom. The van der Waals surface area contributed by atoms with Crippen molar-refractivity contribution in [3.63, 3.8) is 0 Å². The highest BCUT2D eigenvalue weighted by atomic mass is 16.2. The molecule has 0 aromatic carbocycles. The van der Waals surface area contributed by atoms with Crippen LogP contribution < -0.4 is 0 Å². The molecule has 114 valence electrons. The highest BCUT2D eigenvalue weighted by Crippen LogP contribution is 2.31. The number of piperazine rings is 1. The second kappa shape index (κ2) is 5.46. The molecule has 0 spiro atoms. The number of hydrogen-bond donors (Lipinski definition) is 1. The van der Waals surface area contributed by atoms with E-state index in [0.29, 0.717) is 26.2 Å². The summed E-state index contributed by atoms with van der Waals surface area (Å²) in [5.74, 6) is 1.50. The molecule has 21 heavy (non-hydrogen) atoms. The van der Waals surface area contributed by atoms with Crippen LogP contribution in [0.4, 0.5) is 0 Å². The first kappa shape index (κ1) is 14.0. The third kappa shape index (κ3) is 2.91. The number of nitrogens with one attached hydrogen (secondary N) is 1. The minimum atomic E-state index is -0.156. The molecule has 2 heterocycles. The Hall–Kier alpha value is -1.92. The summed E-state index contributed by atoms with van der Waals surface area (Å²) in [4.78, 5) is 32.2. The molecular weight excluding hydrogens is 270 g/mol. The normalized spacial score (nSPS) is 19.2. The lowest BCUT2D eigenvalue weighted by Gasteiger charge is -2.34. The zero-order valence-corrected chi connectivity index (χ0v) is 12.5. The van der Waals surface area contributed by atoms with Crippen LogP contribution >= 0.6 is 0 Å². The average Bonchev–Trinajstić information content (AvgIpc) is 3.22. The fourth-order valence-corrected chi connectivity index (χ4v) is 2.49. The summed E-state index contributed by atoms with van der Waals surface area (Å²) in [6, 6.07) is 0. The SMILES string of the molecule is CC(C)c1nc(C(=O)N2CCN(C(=O)C3CC3)CC2)n[nH]1. The number of hydrogen-bond acceptors (Lipinski definition) is 4. The lowest BCUT2D eigenvalue weighted by Crippen LogP contribution is -2.51. The molecule has 1 aromatic rings. The van der Waals surface area contributed by atoms with Gasteiger partial charge in [0.1, 0.15) is 5.82 Å². The molecule has 1 aliphatic heterocycles. The molecule has 7 heteroatoms. The lowest BCUT2D eigenvalue weighted by molar-refractivity contribution is -0.134. The van der Waals surface area contributed by atoms with Crippen LogP contribution in [0.3, 0.4) is 0 Å². The van der Waals surface area contributed by atoms with Gasteiger partial charge in [-0.3, -0.25) is 14.7 Å². The average molecular weight is 291 g/mol. The van der Waals surface area contributed by atoms with Crippen LogP contribution in [-0.4, -0.2) is 63.0 Å². The van der Waals surface area contributed by atoms with Crippen molar-refractivity contribution in [1.82, 2.24) is 25.0 Å². The van der Waals surface area contributed by atoms with Gasteiger partial charge >= 0.3 is 0 Å².